The summed E-state index contributed by atoms with van der Waals surface area (Å²) in [6.45, 7) is 1.93. The molecule has 2 atom stereocenters. The lowest BCUT2D eigenvalue weighted by Crippen LogP contribution is -1.84. The summed E-state index contributed by atoms with van der Waals surface area (Å²) >= 11 is 0. The Labute approximate surface area is 76.6 Å². The van der Waals surface area contributed by atoms with Crippen LogP contribution < -0.4 is 0 Å². The van der Waals surface area contributed by atoms with Gasteiger partial charge in [0.1, 0.15) is 12.1 Å². The number of benzene rings is 1. The van der Waals surface area contributed by atoms with Crippen LogP contribution in [-0.2, 0) is 4.79 Å². The Morgan fingerprint density at radius 3 is 2.15 bits per heavy atom. The molecule has 0 heterocycles. The van der Waals surface area contributed by atoms with E-state index in [1.807, 2.05) is 19.1 Å². The summed E-state index contributed by atoms with van der Waals surface area (Å²) in [5, 5.41) is 0. The van der Waals surface area contributed by atoms with E-state index in [1.165, 1.54) is 0 Å². The van der Waals surface area contributed by atoms with Gasteiger partial charge in [0.25, 0.3) is 0 Å². The molecule has 1 aliphatic rings. The molecular weight excluding hydrogens is 164 g/mol. The second-order valence-electron chi connectivity index (χ2n) is 3.45. The van der Waals surface area contributed by atoms with Crippen molar-refractivity contribution in [1.82, 2.24) is 0 Å². The van der Waals surface area contributed by atoms with Crippen LogP contribution in [0.3, 0.4) is 0 Å². The zero-order chi connectivity index (χ0) is 9.42. The van der Waals surface area contributed by atoms with Crippen molar-refractivity contribution in [2.75, 3.05) is 0 Å². The molecule has 0 N–H and O–H groups in total. The van der Waals surface area contributed by atoms with E-state index in [1.54, 1.807) is 12.1 Å². The van der Waals surface area contributed by atoms with Crippen LogP contribution in [0.5, 0.6) is 0 Å². The fourth-order valence-corrected chi connectivity index (χ4v) is 1.60. The topological polar surface area (TPSA) is 34.1 Å². The Hall–Kier alpha value is -1.44. The molecule has 0 saturated heterocycles. The molecule has 0 spiro atoms. The molecule has 66 valence electrons. The average Bonchev–Trinajstić information content (AvgIpc) is 2.75. The Kier molecular flexibility index (Phi) is 1.76. The number of ketones is 1. The number of hydrogen-bond acceptors (Lipinski definition) is 2. The summed E-state index contributed by atoms with van der Waals surface area (Å²) in [6.07, 6.45) is 0.807. The Morgan fingerprint density at radius 1 is 1.23 bits per heavy atom. The number of rotatable bonds is 2. The summed E-state index contributed by atoms with van der Waals surface area (Å²) in [4.78, 5) is 21.5. The molecule has 0 radical (unpaired) electrons. The number of Topliss-reactive ketones (excluding diaryl/α,β-unsaturated/α-hetero) is 1. The van der Waals surface area contributed by atoms with Crippen molar-refractivity contribution in [1.29, 1.82) is 0 Å². The van der Waals surface area contributed by atoms with Gasteiger partial charge in [-0.3, -0.25) is 9.59 Å². The minimum Gasteiger partial charge on any atom is -0.299 e. The molecule has 0 aliphatic heterocycles. The number of carbonyl (C=O) groups is 2. The first-order chi connectivity index (χ1) is 6.24. The van der Waals surface area contributed by atoms with Crippen LogP contribution in [0.2, 0.25) is 0 Å². The summed E-state index contributed by atoms with van der Waals surface area (Å²) in [6, 6.07) is 7.22. The standard InChI is InChI=1S/C11H10O2/c1-7-10(11(7)13)9-4-2-8(6-12)3-5-9/h2-7,10H,1H3. The van der Waals surface area contributed by atoms with E-state index >= 15 is 0 Å². The van der Waals surface area contributed by atoms with Crippen LogP contribution in [0.25, 0.3) is 0 Å². The SMILES string of the molecule is CC1C(=O)C1c1ccc(C=O)cc1. The second-order valence-corrected chi connectivity index (χ2v) is 3.45. The highest BCUT2D eigenvalue weighted by Gasteiger charge is 2.45. The normalized spacial score (nSPS) is 25.8. The molecule has 0 aromatic heterocycles. The highest BCUT2D eigenvalue weighted by molar-refractivity contribution is 6.04. The van der Waals surface area contributed by atoms with E-state index in [4.69, 9.17) is 0 Å². The highest BCUT2D eigenvalue weighted by atomic mass is 16.1. The van der Waals surface area contributed by atoms with Gasteiger partial charge in [-0.05, 0) is 5.56 Å². The van der Waals surface area contributed by atoms with Crippen LogP contribution in [0, 0.1) is 5.92 Å². The number of aldehydes is 1. The Bertz CT molecular complexity index is 351. The third-order valence-corrected chi connectivity index (χ3v) is 2.58. The Morgan fingerprint density at radius 2 is 1.77 bits per heavy atom. The summed E-state index contributed by atoms with van der Waals surface area (Å²) in [7, 11) is 0. The van der Waals surface area contributed by atoms with E-state index in [0.717, 1.165) is 11.8 Å². The molecule has 1 saturated carbocycles. The maximum absolute atomic E-state index is 11.1. The quantitative estimate of drug-likeness (QED) is 0.641. The molecule has 2 nitrogen and oxygen atoms in total. The summed E-state index contributed by atoms with van der Waals surface area (Å²) in [5.41, 5.74) is 1.69. The van der Waals surface area contributed by atoms with Crippen molar-refractivity contribution in [3.05, 3.63) is 35.4 Å². The Balaban J connectivity index is 2.24. The lowest BCUT2D eigenvalue weighted by Gasteiger charge is -1.95. The van der Waals surface area contributed by atoms with E-state index in [9.17, 15) is 9.59 Å². The number of hydrogen-bond donors (Lipinski definition) is 0. The smallest absolute Gasteiger partial charge is 0.150 e. The molecule has 1 aliphatic carbocycles. The van der Waals surface area contributed by atoms with Crippen LogP contribution in [0.15, 0.2) is 24.3 Å². The van der Waals surface area contributed by atoms with Gasteiger partial charge in [0.2, 0.25) is 0 Å². The molecule has 1 aromatic rings. The molecule has 2 heteroatoms. The minimum absolute atomic E-state index is 0.0840. The van der Waals surface area contributed by atoms with E-state index in [0.29, 0.717) is 11.3 Å². The first-order valence-electron chi connectivity index (χ1n) is 4.33. The highest BCUT2D eigenvalue weighted by Crippen LogP contribution is 2.42. The average molecular weight is 174 g/mol. The van der Waals surface area contributed by atoms with Gasteiger partial charge in [-0.25, -0.2) is 0 Å². The van der Waals surface area contributed by atoms with Crippen molar-refractivity contribution in [3.63, 3.8) is 0 Å². The molecule has 2 rings (SSSR count). The van der Waals surface area contributed by atoms with Crippen LogP contribution in [0.1, 0.15) is 28.8 Å². The van der Waals surface area contributed by atoms with Crippen molar-refractivity contribution in [3.8, 4) is 0 Å². The van der Waals surface area contributed by atoms with Crippen molar-refractivity contribution in [2.45, 2.75) is 12.8 Å². The van der Waals surface area contributed by atoms with Gasteiger partial charge in [0.15, 0.2) is 0 Å². The molecule has 1 fully saturated rings. The fourth-order valence-electron chi connectivity index (χ4n) is 1.60. The molecule has 1 aromatic carbocycles. The first kappa shape index (κ1) is 8.17. The lowest BCUT2D eigenvalue weighted by molar-refractivity contribution is -0.111. The van der Waals surface area contributed by atoms with E-state index in [-0.39, 0.29) is 11.8 Å². The molecule has 0 bridgehead atoms. The van der Waals surface area contributed by atoms with Gasteiger partial charge in [-0.15, -0.1) is 0 Å². The van der Waals surface area contributed by atoms with Gasteiger partial charge < -0.3 is 0 Å². The predicted molar refractivity (Wildman–Crippen MR) is 48.7 cm³/mol. The van der Waals surface area contributed by atoms with E-state index in [2.05, 4.69) is 0 Å². The lowest BCUT2D eigenvalue weighted by atomic mass is 10.1. The molecule has 0 amide bonds. The molecule has 2 unspecified atom stereocenters. The van der Waals surface area contributed by atoms with Crippen LogP contribution in [0.4, 0.5) is 0 Å². The van der Waals surface area contributed by atoms with E-state index < -0.39 is 0 Å². The maximum atomic E-state index is 11.1. The van der Waals surface area contributed by atoms with Gasteiger partial charge in [0, 0.05) is 11.5 Å². The van der Waals surface area contributed by atoms with Gasteiger partial charge in [-0.2, -0.15) is 0 Å². The van der Waals surface area contributed by atoms with Crippen molar-refractivity contribution < 1.29 is 9.59 Å². The maximum Gasteiger partial charge on any atom is 0.150 e. The monoisotopic (exact) mass is 174 g/mol. The zero-order valence-electron chi connectivity index (χ0n) is 7.36. The van der Waals surface area contributed by atoms with Crippen LogP contribution in [-0.4, -0.2) is 12.1 Å². The summed E-state index contributed by atoms with van der Waals surface area (Å²) < 4.78 is 0. The zero-order valence-corrected chi connectivity index (χ0v) is 7.36. The number of carbonyl (C=O) groups excluding carboxylic acids is 2. The third-order valence-electron chi connectivity index (χ3n) is 2.58. The van der Waals surface area contributed by atoms with Crippen LogP contribution >= 0.6 is 0 Å². The second kappa shape index (κ2) is 2.80. The predicted octanol–water partition coefficient (Wildman–Crippen LogP) is 1.80. The summed E-state index contributed by atoms with van der Waals surface area (Å²) in [5.74, 6) is 0.557. The fraction of sp³-hybridized carbons (Fsp3) is 0.273. The largest absolute Gasteiger partial charge is 0.299 e. The molecular formula is C11H10O2. The van der Waals surface area contributed by atoms with Crippen molar-refractivity contribution in [2.24, 2.45) is 5.92 Å². The van der Waals surface area contributed by atoms with Crippen molar-refractivity contribution >= 4 is 12.1 Å². The van der Waals surface area contributed by atoms with Gasteiger partial charge in [-0.1, -0.05) is 31.2 Å². The first-order valence-corrected chi connectivity index (χ1v) is 4.33. The third kappa shape index (κ3) is 1.28. The molecule has 13 heavy (non-hydrogen) atoms. The van der Waals surface area contributed by atoms with Gasteiger partial charge >= 0.3 is 0 Å². The minimum atomic E-state index is 0.0840. The van der Waals surface area contributed by atoms with Gasteiger partial charge in [0.05, 0.1) is 5.92 Å².